The van der Waals surface area contributed by atoms with Crippen LogP contribution in [0.2, 0.25) is 0 Å². The second-order valence-corrected chi connectivity index (χ2v) is 12.8. The summed E-state index contributed by atoms with van der Waals surface area (Å²) in [5, 5.41) is 17.8. The molecule has 12 nitrogen and oxygen atoms in total. The van der Waals surface area contributed by atoms with Crippen LogP contribution < -0.4 is 31.9 Å². The summed E-state index contributed by atoms with van der Waals surface area (Å²) in [6, 6.07) is 0.00214. The maximum Gasteiger partial charge on any atom is 0.252 e. The van der Waals surface area contributed by atoms with Gasteiger partial charge < -0.3 is 31.9 Å². The lowest BCUT2D eigenvalue weighted by Crippen LogP contribution is -2.58. The number of carbonyl (C=O) groups is 5. The Morgan fingerprint density at radius 3 is 1.87 bits per heavy atom. The molecule has 1 aromatic rings. The van der Waals surface area contributed by atoms with Gasteiger partial charge in [0.05, 0.1) is 6.04 Å². The summed E-state index contributed by atoms with van der Waals surface area (Å²) in [6.45, 7) is 18.2. The number of nitrogens with one attached hydrogen (secondary N) is 6. The van der Waals surface area contributed by atoms with Crippen molar-refractivity contribution >= 4 is 29.5 Å². The van der Waals surface area contributed by atoms with E-state index in [4.69, 9.17) is 0 Å². The maximum atomic E-state index is 13.6. The Morgan fingerprint density at radius 2 is 1.35 bits per heavy atom. The Kier molecular flexibility index (Phi) is 18.7. The first-order valence-electron chi connectivity index (χ1n) is 16.9. The van der Waals surface area contributed by atoms with E-state index in [2.05, 4.69) is 50.7 Å². The summed E-state index contributed by atoms with van der Waals surface area (Å²) >= 11 is 0. The largest absolute Gasteiger partial charge is 0.355 e. The minimum Gasteiger partial charge on any atom is -0.355 e. The van der Waals surface area contributed by atoms with E-state index in [9.17, 15) is 24.0 Å². The molecule has 12 heteroatoms. The lowest BCUT2D eigenvalue weighted by Gasteiger charge is -2.29. The normalized spacial score (nSPS) is 15.2. The van der Waals surface area contributed by atoms with Gasteiger partial charge in [0.25, 0.3) is 5.91 Å². The minimum atomic E-state index is -0.830. The summed E-state index contributed by atoms with van der Waals surface area (Å²) in [5.41, 5.74) is 0.394. The fourth-order valence-corrected chi connectivity index (χ4v) is 5.09. The van der Waals surface area contributed by atoms with Gasteiger partial charge in [0.15, 0.2) is 0 Å². The molecular weight excluding hydrogens is 586 g/mol. The van der Waals surface area contributed by atoms with E-state index in [1.807, 2.05) is 48.5 Å². The van der Waals surface area contributed by atoms with Crippen LogP contribution in [-0.4, -0.2) is 77.8 Å². The van der Waals surface area contributed by atoms with Gasteiger partial charge in [0.1, 0.15) is 18.1 Å². The zero-order valence-corrected chi connectivity index (χ0v) is 29.4. The number of carbonyl (C=O) groups excluding carboxylic acids is 5. The van der Waals surface area contributed by atoms with Crippen molar-refractivity contribution in [3.63, 3.8) is 0 Å². The molecule has 6 atom stereocenters. The van der Waals surface area contributed by atoms with Gasteiger partial charge in [-0.2, -0.15) is 0 Å². The van der Waals surface area contributed by atoms with Crippen molar-refractivity contribution in [2.24, 2.45) is 17.8 Å². The molecule has 1 aromatic heterocycles. The molecule has 0 aromatic carbocycles. The van der Waals surface area contributed by atoms with Crippen LogP contribution in [0.25, 0.3) is 0 Å². The molecule has 1 heterocycles. The number of aromatic nitrogens is 1. The molecular formula is C34H59N7O5. The maximum absolute atomic E-state index is 13.6. The number of pyridine rings is 1. The number of hydrogen-bond donors (Lipinski definition) is 6. The second-order valence-electron chi connectivity index (χ2n) is 12.8. The van der Waals surface area contributed by atoms with E-state index >= 15 is 0 Å². The van der Waals surface area contributed by atoms with E-state index in [1.54, 1.807) is 12.1 Å². The van der Waals surface area contributed by atoms with E-state index in [-0.39, 0.29) is 47.4 Å². The molecule has 5 amide bonds. The van der Waals surface area contributed by atoms with E-state index in [0.717, 1.165) is 0 Å². The fraction of sp³-hybridized carbons (Fsp3) is 0.706. The van der Waals surface area contributed by atoms with Crippen LogP contribution in [0, 0.1) is 17.8 Å². The second kappa shape index (κ2) is 21.3. The number of likely N-dealkylation sites (N-methyl/N-ethyl adjacent to an activating group) is 1. The van der Waals surface area contributed by atoms with Crippen molar-refractivity contribution in [2.45, 2.75) is 125 Å². The van der Waals surface area contributed by atoms with Crippen LogP contribution in [0.4, 0.5) is 0 Å². The number of amides is 5. The van der Waals surface area contributed by atoms with Crippen LogP contribution >= 0.6 is 0 Å². The third kappa shape index (κ3) is 13.8. The van der Waals surface area contributed by atoms with Crippen molar-refractivity contribution in [3.8, 4) is 0 Å². The minimum absolute atomic E-state index is 0.0874. The van der Waals surface area contributed by atoms with Crippen LogP contribution in [-0.2, 0) is 19.2 Å². The van der Waals surface area contributed by atoms with Gasteiger partial charge in [0.2, 0.25) is 23.6 Å². The van der Waals surface area contributed by atoms with Crippen molar-refractivity contribution in [2.75, 3.05) is 13.1 Å². The SMILES string of the molecule is CCC[C@H](NC(=O)[C@@H](NC(=O)c1ccncc1)[C@@H](C)CC)C(=O)N[C@H](CN[C@@H](CC)C(=O)N[C@H](C(=O)NCC)C(C)C)CC(C)C. The Balaban J connectivity index is 3.01. The summed E-state index contributed by atoms with van der Waals surface area (Å²) in [7, 11) is 0. The van der Waals surface area contributed by atoms with Gasteiger partial charge >= 0.3 is 0 Å². The summed E-state index contributed by atoms with van der Waals surface area (Å²) in [5.74, 6) is -1.63. The zero-order chi connectivity index (χ0) is 34.8. The molecule has 0 aliphatic rings. The lowest BCUT2D eigenvalue weighted by molar-refractivity contribution is -0.131. The van der Waals surface area contributed by atoms with Crippen LogP contribution in [0.1, 0.15) is 105 Å². The summed E-state index contributed by atoms with van der Waals surface area (Å²) in [6.07, 6.45) is 5.89. The molecule has 260 valence electrons. The Hall–Kier alpha value is -3.54. The van der Waals surface area contributed by atoms with Gasteiger partial charge in [-0.15, -0.1) is 0 Å². The number of hydrogen-bond acceptors (Lipinski definition) is 7. The monoisotopic (exact) mass is 645 g/mol. The third-order valence-electron chi connectivity index (χ3n) is 7.97. The summed E-state index contributed by atoms with van der Waals surface area (Å²) in [4.78, 5) is 69.6. The van der Waals surface area contributed by atoms with Gasteiger partial charge in [-0.1, -0.05) is 68.2 Å². The van der Waals surface area contributed by atoms with Gasteiger partial charge in [0, 0.05) is 37.1 Å². The van der Waals surface area contributed by atoms with Gasteiger partial charge in [-0.25, -0.2) is 0 Å². The molecule has 6 N–H and O–H groups in total. The first-order chi connectivity index (χ1) is 21.8. The predicted octanol–water partition coefficient (Wildman–Crippen LogP) is 2.69. The molecule has 0 saturated heterocycles. The van der Waals surface area contributed by atoms with Gasteiger partial charge in [-0.05, 0) is 56.1 Å². The summed E-state index contributed by atoms with van der Waals surface area (Å²) < 4.78 is 0. The first kappa shape index (κ1) is 40.5. The van der Waals surface area contributed by atoms with Crippen molar-refractivity contribution < 1.29 is 24.0 Å². The molecule has 1 rings (SSSR count). The van der Waals surface area contributed by atoms with Crippen molar-refractivity contribution in [1.29, 1.82) is 0 Å². The quantitative estimate of drug-likeness (QED) is 0.119. The highest BCUT2D eigenvalue weighted by molar-refractivity contribution is 5.98. The Bertz CT molecular complexity index is 1100. The average molecular weight is 646 g/mol. The standard InChI is InChI=1S/C34H59N7O5/c1-10-14-27(39-34(46)29(23(9)11-2)41-30(42)24-15-17-35-18-16-24)32(44)38-25(19-21(5)6)20-37-26(12-3)31(43)40-28(22(7)8)33(45)36-13-4/h15-18,21-23,25-29,37H,10-14,19-20H2,1-9H3,(H,36,45)(H,38,44)(H,39,46)(H,40,43)(H,41,42)/t23-,25-,26-,27-,28-,29-/m0/s1. The molecule has 0 saturated carbocycles. The highest BCUT2D eigenvalue weighted by Gasteiger charge is 2.31. The first-order valence-corrected chi connectivity index (χ1v) is 16.9. The molecule has 46 heavy (non-hydrogen) atoms. The lowest BCUT2D eigenvalue weighted by atomic mass is 9.97. The molecule has 0 spiro atoms. The molecule has 0 bridgehead atoms. The van der Waals surface area contributed by atoms with E-state index in [1.165, 1.54) is 12.4 Å². The number of rotatable bonds is 21. The fourth-order valence-electron chi connectivity index (χ4n) is 5.09. The van der Waals surface area contributed by atoms with E-state index < -0.39 is 30.1 Å². The van der Waals surface area contributed by atoms with Crippen molar-refractivity contribution in [1.82, 2.24) is 36.9 Å². The topological polar surface area (TPSA) is 170 Å². The molecule has 0 aliphatic heterocycles. The molecule has 0 radical (unpaired) electrons. The zero-order valence-electron chi connectivity index (χ0n) is 29.4. The molecule has 0 aliphatic carbocycles. The highest BCUT2D eigenvalue weighted by atomic mass is 16.2. The average Bonchev–Trinajstić information content (AvgIpc) is 3.01. The predicted molar refractivity (Wildman–Crippen MR) is 181 cm³/mol. The highest BCUT2D eigenvalue weighted by Crippen LogP contribution is 2.12. The Labute approximate surface area is 275 Å². The third-order valence-corrected chi connectivity index (χ3v) is 7.97. The molecule has 0 fully saturated rings. The van der Waals surface area contributed by atoms with Crippen LogP contribution in [0.5, 0.6) is 0 Å². The van der Waals surface area contributed by atoms with E-state index in [0.29, 0.717) is 50.8 Å². The molecule has 0 unspecified atom stereocenters. The Morgan fingerprint density at radius 1 is 0.717 bits per heavy atom. The van der Waals surface area contributed by atoms with Crippen LogP contribution in [0.3, 0.4) is 0 Å². The van der Waals surface area contributed by atoms with Crippen molar-refractivity contribution in [3.05, 3.63) is 30.1 Å². The smallest absolute Gasteiger partial charge is 0.252 e. The van der Waals surface area contributed by atoms with Gasteiger partial charge in [-0.3, -0.25) is 29.0 Å². The van der Waals surface area contributed by atoms with Crippen LogP contribution in [0.15, 0.2) is 24.5 Å². The number of nitrogens with zero attached hydrogens (tertiary/aromatic N) is 1.